The summed E-state index contributed by atoms with van der Waals surface area (Å²) in [5.74, 6) is 0.683. The molecule has 98 valence electrons. The molecule has 1 aromatic heterocycles. The molecular formula is C15H21BrN2. The van der Waals surface area contributed by atoms with Gasteiger partial charge in [-0.15, -0.1) is 0 Å². The van der Waals surface area contributed by atoms with Crippen LogP contribution in [0.1, 0.15) is 20.8 Å². The van der Waals surface area contributed by atoms with Crippen molar-refractivity contribution in [2.24, 2.45) is 5.92 Å². The van der Waals surface area contributed by atoms with Crippen molar-refractivity contribution in [3.8, 4) is 0 Å². The van der Waals surface area contributed by atoms with Crippen LogP contribution in [-0.4, -0.2) is 17.2 Å². The molecular weight excluding hydrogens is 288 g/mol. The van der Waals surface area contributed by atoms with Crippen molar-refractivity contribution in [1.29, 1.82) is 0 Å². The highest BCUT2D eigenvalue weighted by Gasteiger charge is 2.06. The zero-order valence-electron chi connectivity index (χ0n) is 11.3. The summed E-state index contributed by atoms with van der Waals surface area (Å²) in [5.41, 5.74) is 1.30. The Labute approximate surface area is 118 Å². The van der Waals surface area contributed by atoms with Gasteiger partial charge in [0.15, 0.2) is 0 Å². The average molecular weight is 309 g/mol. The van der Waals surface area contributed by atoms with E-state index in [2.05, 4.69) is 77.0 Å². The molecule has 1 N–H and O–H groups in total. The molecule has 2 nitrogen and oxygen atoms in total. The minimum Gasteiger partial charge on any atom is -0.346 e. The van der Waals surface area contributed by atoms with Crippen molar-refractivity contribution in [2.45, 2.75) is 33.4 Å². The van der Waals surface area contributed by atoms with Gasteiger partial charge in [0.25, 0.3) is 0 Å². The van der Waals surface area contributed by atoms with Crippen LogP contribution in [0.2, 0.25) is 0 Å². The predicted octanol–water partition coefficient (Wildman–Crippen LogP) is 4.04. The molecule has 1 unspecified atom stereocenters. The van der Waals surface area contributed by atoms with Crippen molar-refractivity contribution in [2.75, 3.05) is 6.54 Å². The Morgan fingerprint density at radius 3 is 2.72 bits per heavy atom. The number of nitrogens with zero attached hydrogens (tertiary/aromatic N) is 1. The Balaban J connectivity index is 2.00. The standard InChI is InChI=1S/C15H21BrN2/c1-11(2)12(3)17-7-9-18-8-6-13-10-14(16)4-5-15(13)18/h4-6,8,10-12,17H,7,9H2,1-3H3. The third kappa shape index (κ3) is 3.15. The van der Waals surface area contributed by atoms with Crippen LogP contribution in [0.25, 0.3) is 10.9 Å². The van der Waals surface area contributed by atoms with Crippen molar-refractivity contribution in [1.82, 2.24) is 9.88 Å². The monoisotopic (exact) mass is 308 g/mol. The lowest BCUT2D eigenvalue weighted by Gasteiger charge is -2.17. The van der Waals surface area contributed by atoms with Crippen molar-refractivity contribution < 1.29 is 0 Å². The molecule has 3 heteroatoms. The molecule has 0 aliphatic rings. The Kier molecular flexibility index (Phi) is 4.46. The molecule has 0 saturated carbocycles. The van der Waals surface area contributed by atoms with Gasteiger partial charge in [0, 0.05) is 40.7 Å². The average Bonchev–Trinajstić information content (AvgIpc) is 2.71. The van der Waals surface area contributed by atoms with Gasteiger partial charge >= 0.3 is 0 Å². The topological polar surface area (TPSA) is 17.0 Å². The predicted molar refractivity (Wildman–Crippen MR) is 81.9 cm³/mol. The van der Waals surface area contributed by atoms with Gasteiger partial charge in [-0.25, -0.2) is 0 Å². The molecule has 0 fully saturated rings. The summed E-state index contributed by atoms with van der Waals surface area (Å²) >= 11 is 3.51. The molecule has 1 atom stereocenters. The fourth-order valence-electron chi connectivity index (χ4n) is 2.01. The fraction of sp³-hybridized carbons (Fsp3) is 0.467. The van der Waals surface area contributed by atoms with Gasteiger partial charge in [-0.3, -0.25) is 0 Å². The first kappa shape index (κ1) is 13.6. The molecule has 0 saturated heterocycles. The molecule has 0 spiro atoms. The van der Waals surface area contributed by atoms with Crippen LogP contribution in [0.3, 0.4) is 0 Å². The largest absolute Gasteiger partial charge is 0.346 e. The Morgan fingerprint density at radius 1 is 1.22 bits per heavy atom. The first-order chi connectivity index (χ1) is 8.58. The van der Waals surface area contributed by atoms with Crippen molar-refractivity contribution >= 4 is 26.8 Å². The summed E-state index contributed by atoms with van der Waals surface area (Å²) < 4.78 is 3.45. The van der Waals surface area contributed by atoms with Crippen LogP contribution in [0, 0.1) is 5.92 Å². The van der Waals surface area contributed by atoms with Crippen molar-refractivity contribution in [3.63, 3.8) is 0 Å². The van der Waals surface area contributed by atoms with E-state index in [1.165, 1.54) is 10.9 Å². The molecule has 18 heavy (non-hydrogen) atoms. The maximum atomic E-state index is 3.57. The maximum Gasteiger partial charge on any atom is 0.0481 e. The number of hydrogen-bond acceptors (Lipinski definition) is 1. The number of rotatable bonds is 5. The zero-order chi connectivity index (χ0) is 13.1. The normalized spacial score (nSPS) is 13.4. The van der Waals surface area contributed by atoms with E-state index in [-0.39, 0.29) is 0 Å². The van der Waals surface area contributed by atoms with E-state index < -0.39 is 0 Å². The number of benzene rings is 1. The SMILES string of the molecule is CC(C)C(C)NCCn1ccc2cc(Br)ccc21. The molecule has 0 radical (unpaired) electrons. The molecule has 0 bridgehead atoms. The van der Waals surface area contributed by atoms with Gasteiger partial charge in [-0.2, -0.15) is 0 Å². The van der Waals surface area contributed by atoms with E-state index in [1.807, 2.05) is 0 Å². The lowest BCUT2D eigenvalue weighted by molar-refractivity contribution is 0.418. The second-order valence-corrected chi connectivity index (χ2v) is 6.11. The minimum atomic E-state index is 0.570. The van der Waals surface area contributed by atoms with Gasteiger partial charge < -0.3 is 9.88 Å². The number of hydrogen-bond donors (Lipinski definition) is 1. The molecule has 1 heterocycles. The first-order valence-corrected chi connectivity index (χ1v) is 7.35. The highest BCUT2D eigenvalue weighted by atomic mass is 79.9. The van der Waals surface area contributed by atoms with Gasteiger partial charge in [0.05, 0.1) is 0 Å². The van der Waals surface area contributed by atoms with Crippen LogP contribution in [0.15, 0.2) is 34.9 Å². The smallest absolute Gasteiger partial charge is 0.0481 e. The van der Waals surface area contributed by atoms with Gasteiger partial charge in [0.2, 0.25) is 0 Å². The van der Waals surface area contributed by atoms with Crippen LogP contribution < -0.4 is 5.32 Å². The van der Waals surface area contributed by atoms with E-state index in [0.29, 0.717) is 12.0 Å². The second kappa shape index (κ2) is 5.89. The Hall–Kier alpha value is -0.800. The third-order valence-corrected chi connectivity index (χ3v) is 4.05. The number of nitrogens with one attached hydrogen (secondary N) is 1. The molecule has 1 aromatic carbocycles. The Morgan fingerprint density at radius 2 is 2.00 bits per heavy atom. The van der Waals surface area contributed by atoms with E-state index in [1.54, 1.807) is 0 Å². The summed E-state index contributed by atoms with van der Waals surface area (Å²) in [7, 11) is 0. The number of fused-ring (bicyclic) bond motifs is 1. The number of aromatic nitrogens is 1. The Bertz CT molecular complexity index is 516. The van der Waals surface area contributed by atoms with Crippen molar-refractivity contribution in [3.05, 3.63) is 34.9 Å². The fourth-order valence-corrected chi connectivity index (χ4v) is 2.39. The lowest BCUT2D eigenvalue weighted by atomic mass is 10.1. The second-order valence-electron chi connectivity index (χ2n) is 5.20. The van der Waals surface area contributed by atoms with E-state index in [4.69, 9.17) is 0 Å². The highest BCUT2D eigenvalue weighted by molar-refractivity contribution is 9.10. The van der Waals surface area contributed by atoms with Crippen LogP contribution in [0.5, 0.6) is 0 Å². The van der Waals surface area contributed by atoms with E-state index in [9.17, 15) is 0 Å². The molecule has 2 rings (SSSR count). The molecule has 2 aromatic rings. The summed E-state index contributed by atoms with van der Waals surface area (Å²) in [5, 5.41) is 4.86. The summed E-state index contributed by atoms with van der Waals surface area (Å²) in [6, 6.07) is 9.18. The van der Waals surface area contributed by atoms with E-state index in [0.717, 1.165) is 17.6 Å². The quantitative estimate of drug-likeness (QED) is 0.882. The van der Waals surface area contributed by atoms with Crippen LogP contribution in [0.4, 0.5) is 0 Å². The number of halogens is 1. The molecule has 0 aliphatic heterocycles. The van der Waals surface area contributed by atoms with Crippen LogP contribution >= 0.6 is 15.9 Å². The highest BCUT2D eigenvalue weighted by Crippen LogP contribution is 2.20. The first-order valence-electron chi connectivity index (χ1n) is 6.55. The third-order valence-electron chi connectivity index (χ3n) is 3.55. The van der Waals surface area contributed by atoms with E-state index >= 15 is 0 Å². The summed E-state index contributed by atoms with van der Waals surface area (Å²) in [6.07, 6.45) is 2.17. The molecule has 0 amide bonds. The summed E-state index contributed by atoms with van der Waals surface area (Å²) in [6.45, 7) is 8.78. The minimum absolute atomic E-state index is 0.570. The molecule has 0 aliphatic carbocycles. The van der Waals surface area contributed by atoms with Gasteiger partial charge in [-0.05, 0) is 37.1 Å². The summed E-state index contributed by atoms with van der Waals surface area (Å²) in [4.78, 5) is 0. The van der Waals surface area contributed by atoms with Gasteiger partial charge in [0.1, 0.15) is 0 Å². The lowest BCUT2D eigenvalue weighted by Crippen LogP contribution is -2.33. The maximum absolute atomic E-state index is 3.57. The van der Waals surface area contributed by atoms with Gasteiger partial charge in [-0.1, -0.05) is 29.8 Å². The van der Waals surface area contributed by atoms with Crippen LogP contribution in [-0.2, 0) is 6.54 Å². The zero-order valence-corrected chi connectivity index (χ0v) is 12.9.